The first-order chi connectivity index (χ1) is 16.6. The van der Waals surface area contributed by atoms with E-state index < -0.39 is 0 Å². The van der Waals surface area contributed by atoms with Gasteiger partial charge in [0.1, 0.15) is 0 Å². The Morgan fingerprint density at radius 1 is 1.09 bits per heavy atom. The Kier molecular flexibility index (Phi) is 5.51. The van der Waals surface area contributed by atoms with E-state index in [1.165, 1.54) is 22.3 Å². The number of pyridine rings is 1. The molecule has 2 heterocycles. The molecule has 2 atom stereocenters. The lowest BCUT2D eigenvalue weighted by Gasteiger charge is -2.40. The minimum absolute atomic E-state index is 0.0179. The number of carbonyl (C=O) groups is 1. The highest BCUT2D eigenvalue weighted by Gasteiger charge is 2.53. The van der Waals surface area contributed by atoms with Crippen LogP contribution in [-0.2, 0) is 10.2 Å². The minimum Gasteiger partial charge on any atom is -0.350 e. The van der Waals surface area contributed by atoms with Gasteiger partial charge in [0.25, 0.3) is 0 Å². The lowest BCUT2D eigenvalue weighted by molar-refractivity contribution is -0.117. The topological polar surface area (TPSA) is 45.2 Å². The van der Waals surface area contributed by atoms with Crippen LogP contribution in [0.25, 0.3) is 6.08 Å². The normalized spacial score (nSPS) is 23.7. The van der Waals surface area contributed by atoms with Crippen molar-refractivity contribution in [2.45, 2.75) is 36.6 Å². The number of piperidine rings is 1. The molecule has 2 aromatic carbocycles. The SMILES string of the molecule is O=C(C=Cc1cccnc1)NC1CCN(C[C@@]23C[C@H](c4ccccc42)c2ccc(Cl)cc23)CC1. The maximum absolute atomic E-state index is 12.4. The molecule has 0 unspecified atom stereocenters. The summed E-state index contributed by atoms with van der Waals surface area (Å²) in [5.74, 6) is 0.444. The number of fused-ring (bicyclic) bond motifs is 8. The number of hydrogen-bond acceptors (Lipinski definition) is 3. The molecule has 3 aromatic rings. The van der Waals surface area contributed by atoms with Crippen molar-refractivity contribution < 1.29 is 4.79 Å². The first-order valence-electron chi connectivity index (χ1n) is 12.1. The van der Waals surface area contributed by atoms with Gasteiger partial charge in [0.2, 0.25) is 5.91 Å². The van der Waals surface area contributed by atoms with Crippen LogP contribution >= 0.6 is 11.6 Å². The summed E-state index contributed by atoms with van der Waals surface area (Å²) in [6.45, 7) is 2.99. The summed E-state index contributed by atoms with van der Waals surface area (Å²) in [4.78, 5) is 19.1. The molecule has 172 valence electrons. The average Bonchev–Trinajstić information content (AvgIpc) is 3.36. The summed E-state index contributed by atoms with van der Waals surface area (Å²) in [6, 6.07) is 19.5. The number of carbonyl (C=O) groups excluding carboxylic acids is 1. The monoisotopic (exact) mass is 469 g/mol. The van der Waals surface area contributed by atoms with Crippen LogP contribution in [0.2, 0.25) is 5.02 Å². The first kappa shape index (κ1) is 21.6. The highest BCUT2D eigenvalue weighted by atomic mass is 35.5. The van der Waals surface area contributed by atoms with E-state index in [9.17, 15) is 4.79 Å². The van der Waals surface area contributed by atoms with E-state index >= 15 is 0 Å². The fourth-order valence-electron chi connectivity index (χ4n) is 6.33. The molecule has 2 bridgehead atoms. The van der Waals surface area contributed by atoms with Gasteiger partial charge in [0, 0.05) is 60.5 Å². The number of nitrogens with zero attached hydrogens (tertiary/aromatic N) is 2. The maximum Gasteiger partial charge on any atom is 0.244 e. The number of hydrogen-bond donors (Lipinski definition) is 1. The summed E-state index contributed by atoms with van der Waals surface area (Å²) < 4.78 is 0. The van der Waals surface area contributed by atoms with Crippen molar-refractivity contribution in [1.82, 2.24) is 15.2 Å². The van der Waals surface area contributed by atoms with Crippen molar-refractivity contribution in [2.24, 2.45) is 0 Å². The molecule has 1 fully saturated rings. The average molecular weight is 470 g/mol. The van der Waals surface area contributed by atoms with Gasteiger partial charge in [-0.1, -0.05) is 48.0 Å². The number of amides is 1. The van der Waals surface area contributed by atoms with Gasteiger partial charge in [-0.15, -0.1) is 0 Å². The maximum atomic E-state index is 12.4. The molecule has 5 heteroatoms. The number of likely N-dealkylation sites (tertiary alicyclic amines) is 1. The third-order valence-electron chi connectivity index (χ3n) is 7.85. The fourth-order valence-corrected chi connectivity index (χ4v) is 6.50. The first-order valence-corrected chi connectivity index (χ1v) is 12.5. The van der Waals surface area contributed by atoms with Crippen LogP contribution in [0.15, 0.2) is 73.1 Å². The van der Waals surface area contributed by atoms with E-state index in [0.29, 0.717) is 5.92 Å². The van der Waals surface area contributed by atoms with E-state index in [0.717, 1.165) is 49.5 Å². The smallest absolute Gasteiger partial charge is 0.244 e. The largest absolute Gasteiger partial charge is 0.350 e. The minimum atomic E-state index is -0.0344. The third kappa shape index (κ3) is 3.75. The molecular weight excluding hydrogens is 442 g/mol. The summed E-state index contributed by atoms with van der Waals surface area (Å²) in [5, 5.41) is 4.01. The molecule has 6 rings (SSSR count). The van der Waals surface area contributed by atoms with Crippen LogP contribution in [-0.4, -0.2) is 41.5 Å². The van der Waals surface area contributed by atoms with E-state index in [1.54, 1.807) is 18.5 Å². The Hall–Kier alpha value is -2.95. The molecule has 1 saturated heterocycles. The Balaban J connectivity index is 1.13. The predicted molar refractivity (Wildman–Crippen MR) is 136 cm³/mol. The lowest BCUT2D eigenvalue weighted by atomic mass is 9.74. The molecular formula is C29H28ClN3O. The Labute approximate surface area is 205 Å². The highest BCUT2D eigenvalue weighted by Crippen LogP contribution is 2.60. The predicted octanol–water partition coefficient (Wildman–Crippen LogP) is 5.16. The zero-order valence-electron chi connectivity index (χ0n) is 19.1. The van der Waals surface area contributed by atoms with Crippen molar-refractivity contribution in [3.63, 3.8) is 0 Å². The quantitative estimate of drug-likeness (QED) is 0.525. The van der Waals surface area contributed by atoms with Gasteiger partial charge in [0.15, 0.2) is 0 Å². The van der Waals surface area contributed by atoms with E-state index in [1.807, 2.05) is 24.3 Å². The third-order valence-corrected chi connectivity index (χ3v) is 8.08. The molecule has 0 spiro atoms. The fraction of sp³-hybridized carbons (Fsp3) is 0.310. The van der Waals surface area contributed by atoms with Crippen LogP contribution in [0.3, 0.4) is 0 Å². The lowest BCUT2D eigenvalue weighted by Crippen LogP contribution is -2.48. The number of aromatic nitrogens is 1. The molecule has 1 N–H and O–H groups in total. The second-order valence-electron chi connectivity index (χ2n) is 9.84. The molecule has 1 aliphatic heterocycles. The van der Waals surface area contributed by atoms with Gasteiger partial charge in [-0.3, -0.25) is 9.78 Å². The summed E-state index contributed by atoms with van der Waals surface area (Å²) >= 11 is 6.46. The van der Waals surface area contributed by atoms with Gasteiger partial charge in [0.05, 0.1) is 0 Å². The van der Waals surface area contributed by atoms with Crippen molar-refractivity contribution in [3.05, 3.63) is 106 Å². The van der Waals surface area contributed by atoms with E-state index in [-0.39, 0.29) is 17.4 Å². The number of benzene rings is 2. The Morgan fingerprint density at radius 2 is 1.91 bits per heavy atom. The molecule has 34 heavy (non-hydrogen) atoms. The zero-order valence-corrected chi connectivity index (χ0v) is 19.8. The number of halogens is 1. The standard InChI is InChI=1S/C29H28ClN3O/c30-21-8-9-24-25-17-29(27(24)16-21,26-6-2-1-5-23(25)26)19-33-14-11-22(12-15-33)32-28(34)10-7-20-4-3-13-31-18-20/h1-10,13,16,18,22,25H,11-12,14-15,17,19H2,(H,32,34)/t25-,29+/m1/s1. The van der Waals surface area contributed by atoms with Crippen LogP contribution in [0.5, 0.6) is 0 Å². The van der Waals surface area contributed by atoms with Gasteiger partial charge in [-0.05, 0) is 71.4 Å². The van der Waals surface area contributed by atoms with Crippen LogP contribution < -0.4 is 5.32 Å². The van der Waals surface area contributed by atoms with Crippen molar-refractivity contribution in [3.8, 4) is 0 Å². The molecule has 3 aliphatic rings. The molecule has 0 radical (unpaired) electrons. The van der Waals surface area contributed by atoms with Gasteiger partial charge < -0.3 is 10.2 Å². The molecule has 0 saturated carbocycles. The molecule has 2 aliphatic carbocycles. The molecule has 1 amide bonds. The summed E-state index contributed by atoms with van der Waals surface area (Å²) in [5.41, 5.74) is 6.78. The van der Waals surface area contributed by atoms with Crippen molar-refractivity contribution >= 4 is 23.6 Å². The van der Waals surface area contributed by atoms with E-state index in [2.05, 4.69) is 51.6 Å². The molecule has 4 nitrogen and oxygen atoms in total. The van der Waals surface area contributed by atoms with Gasteiger partial charge >= 0.3 is 0 Å². The van der Waals surface area contributed by atoms with Crippen LogP contribution in [0.1, 0.15) is 53.0 Å². The second-order valence-corrected chi connectivity index (χ2v) is 10.3. The van der Waals surface area contributed by atoms with E-state index in [4.69, 9.17) is 11.6 Å². The summed E-state index contributed by atoms with van der Waals surface area (Å²) in [7, 11) is 0. The van der Waals surface area contributed by atoms with Crippen molar-refractivity contribution in [2.75, 3.05) is 19.6 Å². The Bertz CT molecular complexity index is 1250. The zero-order chi connectivity index (χ0) is 23.1. The molecule has 1 aromatic heterocycles. The van der Waals surface area contributed by atoms with Crippen LogP contribution in [0, 0.1) is 0 Å². The van der Waals surface area contributed by atoms with Crippen LogP contribution in [0.4, 0.5) is 0 Å². The van der Waals surface area contributed by atoms with Gasteiger partial charge in [-0.2, -0.15) is 0 Å². The number of nitrogens with one attached hydrogen (secondary N) is 1. The highest BCUT2D eigenvalue weighted by molar-refractivity contribution is 6.30. The van der Waals surface area contributed by atoms with Crippen molar-refractivity contribution in [1.29, 1.82) is 0 Å². The second kappa shape index (κ2) is 8.68. The van der Waals surface area contributed by atoms with Gasteiger partial charge in [-0.25, -0.2) is 0 Å². The Morgan fingerprint density at radius 3 is 2.74 bits per heavy atom. The number of rotatable bonds is 5. The summed E-state index contributed by atoms with van der Waals surface area (Å²) in [6.07, 6.45) is 9.98.